The van der Waals surface area contributed by atoms with E-state index in [4.69, 9.17) is 5.73 Å². The number of nitrogens with zero attached hydrogens (tertiary/aromatic N) is 2. The molecule has 2 N–H and O–H groups in total. The maximum atomic E-state index is 11.9. The molecule has 0 radical (unpaired) electrons. The summed E-state index contributed by atoms with van der Waals surface area (Å²) in [5.74, 6) is 0.201. The zero-order chi connectivity index (χ0) is 13.8. The molecule has 19 heavy (non-hydrogen) atoms. The minimum atomic E-state index is -0.0326. The van der Waals surface area contributed by atoms with Crippen LogP contribution in [-0.4, -0.2) is 48.4 Å². The van der Waals surface area contributed by atoms with Crippen molar-refractivity contribution in [2.45, 2.75) is 13.0 Å². The molecule has 1 saturated heterocycles. The van der Waals surface area contributed by atoms with Gasteiger partial charge in [-0.25, -0.2) is 0 Å². The van der Waals surface area contributed by atoms with Crippen LogP contribution in [0.25, 0.3) is 6.08 Å². The maximum Gasteiger partial charge on any atom is 0.239 e. The standard InChI is InChI=1S/C15H21N3O/c1-12-15(19)17(2)10-11-18(12)9-3-4-13-5-7-14(16)8-6-13/h3-8,12H,9-11,16H2,1-2H3/b4-3+/t12-/m1/s1. The van der Waals surface area contributed by atoms with Gasteiger partial charge in [0.1, 0.15) is 0 Å². The third-order valence-electron chi connectivity index (χ3n) is 3.59. The van der Waals surface area contributed by atoms with E-state index in [1.807, 2.05) is 38.2 Å². The largest absolute Gasteiger partial charge is 0.399 e. The van der Waals surface area contributed by atoms with Crippen molar-refractivity contribution >= 4 is 17.7 Å². The molecular weight excluding hydrogens is 238 g/mol. The molecule has 1 aromatic carbocycles. The molecule has 0 spiro atoms. The summed E-state index contributed by atoms with van der Waals surface area (Å²) in [6.45, 7) is 4.49. The number of benzene rings is 1. The molecule has 0 bridgehead atoms. The first-order chi connectivity index (χ1) is 9.08. The van der Waals surface area contributed by atoms with Crippen molar-refractivity contribution in [2.24, 2.45) is 0 Å². The molecule has 0 saturated carbocycles. The molecule has 4 nitrogen and oxygen atoms in total. The van der Waals surface area contributed by atoms with Crippen LogP contribution in [0.5, 0.6) is 0 Å². The molecule has 0 aromatic heterocycles. The highest BCUT2D eigenvalue weighted by molar-refractivity contribution is 5.82. The van der Waals surface area contributed by atoms with E-state index < -0.39 is 0 Å². The van der Waals surface area contributed by atoms with Crippen LogP contribution in [0.4, 0.5) is 5.69 Å². The second-order valence-electron chi connectivity index (χ2n) is 5.00. The van der Waals surface area contributed by atoms with Crippen LogP contribution in [0.2, 0.25) is 0 Å². The molecule has 4 heteroatoms. The number of nitrogen functional groups attached to an aromatic ring is 1. The lowest BCUT2D eigenvalue weighted by Crippen LogP contribution is -2.54. The quantitative estimate of drug-likeness (QED) is 0.836. The molecule has 102 valence electrons. The van der Waals surface area contributed by atoms with Gasteiger partial charge in [0.2, 0.25) is 5.91 Å². The van der Waals surface area contributed by atoms with Crippen LogP contribution in [-0.2, 0) is 4.79 Å². The number of carbonyl (C=O) groups excluding carboxylic acids is 1. The lowest BCUT2D eigenvalue weighted by Gasteiger charge is -2.36. The van der Waals surface area contributed by atoms with Gasteiger partial charge in [-0.2, -0.15) is 0 Å². The van der Waals surface area contributed by atoms with E-state index in [1.165, 1.54) is 0 Å². The summed E-state index contributed by atoms with van der Waals surface area (Å²) in [6.07, 6.45) is 4.16. The summed E-state index contributed by atoms with van der Waals surface area (Å²) in [4.78, 5) is 15.8. The van der Waals surface area contributed by atoms with Gasteiger partial charge >= 0.3 is 0 Å². The second kappa shape index (κ2) is 5.89. The number of piperazine rings is 1. The number of anilines is 1. The maximum absolute atomic E-state index is 11.9. The normalized spacial score (nSPS) is 21.3. The molecule has 1 aliphatic heterocycles. The second-order valence-corrected chi connectivity index (χ2v) is 5.00. The van der Waals surface area contributed by atoms with Crippen molar-refractivity contribution in [3.05, 3.63) is 35.9 Å². The van der Waals surface area contributed by atoms with E-state index in [9.17, 15) is 4.79 Å². The van der Waals surface area contributed by atoms with Crippen molar-refractivity contribution in [1.82, 2.24) is 9.80 Å². The van der Waals surface area contributed by atoms with Crippen LogP contribution < -0.4 is 5.73 Å². The van der Waals surface area contributed by atoms with Gasteiger partial charge in [0.15, 0.2) is 0 Å². The van der Waals surface area contributed by atoms with Gasteiger partial charge in [-0.15, -0.1) is 0 Å². The van der Waals surface area contributed by atoms with Crippen molar-refractivity contribution < 1.29 is 4.79 Å². The topological polar surface area (TPSA) is 49.6 Å². The van der Waals surface area contributed by atoms with Gasteiger partial charge in [0, 0.05) is 32.4 Å². The summed E-state index contributed by atoms with van der Waals surface area (Å²) < 4.78 is 0. The molecular formula is C15H21N3O. The fourth-order valence-corrected chi connectivity index (χ4v) is 2.24. The number of carbonyl (C=O) groups is 1. The van der Waals surface area contributed by atoms with Crippen LogP contribution in [0.1, 0.15) is 12.5 Å². The predicted octanol–water partition coefficient (Wildman–Crippen LogP) is 1.44. The summed E-state index contributed by atoms with van der Waals surface area (Å²) in [7, 11) is 1.86. The summed E-state index contributed by atoms with van der Waals surface area (Å²) in [5, 5.41) is 0. The zero-order valence-corrected chi connectivity index (χ0v) is 11.5. The monoisotopic (exact) mass is 259 g/mol. The van der Waals surface area contributed by atoms with Crippen molar-refractivity contribution in [3.8, 4) is 0 Å². The number of likely N-dealkylation sites (N-methyl/N-ethyl adjacent to an activating group) is 1. The van der Waals surface area contributed by atoms with Gasteiger partial charge in [-0.1, -0.05) is 24.3 Å². The molecule has 1 aromatic rings. The van der Waals surface area contributed by atoms with Gasteiger partial charge < -0.3 is 10.6 Å². The van der Waals surface area contributed by atoms with Crippen LogP contribution in [0.15, 0.2) is 30.3 Å². The van der Waals surface area contributed by atoms with Crippen molar-refractivity contribution in [3.63, 3.8) is 0 Å². The first kappa shape index (κ1) is 13.6. The lowest BCUT2D eigenvalue weighted by molar-refractivity contribution is -0.138. The molecule has 0 aliphatic carbocycles. The van der Waals surface area contributed by atoms with E-state index in [0.29, 0.717) is 0 Å². The van der Waals surface area contributed by atoms with Crippen LogP contribution in [0.3, 0.4) is 0 Å². The Hall–Kier alpha value is -1.81. The minimum Gasteiger partial charge on any atom is -0.399 e. The van der Waals surface area contributed by atoms with E-state index in [-0.39, 0.29) is 11.9 Å². The molecule has 2 rings (SSSR count). The van der Waals surface area contributed by atoms with Gasteiger partial charge in [-0.05, 0) is 24.6 Å². The third kappa shape index (κ3) is 3.35. The molecule has 1 aliphatic rings. The fourth-order valence-electron chi connectivity index (χ4n) is 2.24. The van der Waals surface area contributed by atoms with Crippen molar-refractivity contribution in [2.75, 3.05) is 32.4 Å². The number of rotatable bonds is 3. The molecule has 1 fully saturated rings. The molecule has 1 amide bonds. The number of hydrogen-bond acceptors (Lipinski definition) is 3. The van der Waals surface area contributed by atoms with Crippen molar-refractivity contribution in [1.29, 1.82) is 0 Å². The highest BCUT2D eigenvalue weighted by atomic mass is 16.2. The SMILES string of the molecule is C[C@@H]1C(=O)N(C)CCN1C/C=C/c1ccc(N)cc1. The molecule has 1 atom stereocenters. The van der Waals surface area contributed by atoms with E-state index in [1.54, 1.807) is 4.90 Å². The highest BCUT2D eigenvalue weighted by Crippen LogP contribution is 2.11. The Morgan fingerprint density at radius 3 is 2.68 bits per heavy atom. The Balaban J connectivity index is 1.91. The Morgan fingerprint density at radius 1 is 1.32 bits per heavy atom. The number of nitrogens with two attached hydrogens (primary N) is 1. The predicted molar refractivity (Wildman–Crippen MR) is 78.6 cm³/mol. The molecule has 1 heterocycles. The minimum absolute atomic E-state index is 0.0326. The fraction of sp³-hybridized carbons (Fsp3) is 0.400. The van der Waals surface area contributed by atoms with Crippen LogP contribution in [0, 0.1) is 0 Å². The first-order valence-corrected chi connectivity index (χ1v) is 6.59. The summed E-state index contributed by atoms with van der Waals surface area (Å²) in [6, 6.07) is 7.73. The summed E-state index contributed by atoms with van der Waals surface area (Å²) >= 11 is 0. The Morgan fingerprint density at radius 2 is 2.00 bits per heavy atom. The smallest absolute Gasteiger partial charge is 0.239 e. The average Bonchev–Trinajstić information content (AvgIpc) is 2.41. The van der Waals surface area contributed by atoms with E-state index in [0.717, 1.165) is 30.9 Å². The van der Waals surface area contributed by atoms with E-state index >= 15 is 0 Å². The number of amides is 1. The van der Waals surface area contributed by atoms with Gasteiger partial charge in [-0.3, -0.25) is 9.69 Å². The summed E-state index contributed by atoms with van der Waals surface area (Å²) in [5.41, 5.74) is 7.54. The Bertz CT molecular complexity index is 467. The zero-order valence-electron chi connectivity index (χ0n) is 11.5. The molecule has 0 unspecified atom stereocenters. The van der Waals surface area contributed by atoms with Gasteiger partial charge in [0.25, 0.3) is 0 Å². The Labute approximate surface area is 114 Å². The first-order valence-electron chi connectivity index (χ1n) is 6.59. The number of hydrogen-bond donors (Lipinski definition) is 1. The Kier molecular flexibility index (Phi) is 4.22. The average molecular weight is 259 g/mol. The highest BCUT2D eigenvalue weighted by Gasteiger charge is 2.28. The van der Waals surface area contributed by atoms with Crippen LogP contribution >= 0.6 is 0 Å². The van der Waals surface area contributed by atoms with E-state index in [2.05, 4.69) is 17.1 Å². The lowest BCUT2D eigenvalue weighted by atomic mass is 10.1. The third-order valence-corrected chi connectivity index (χ3v) is 3.59. The van der Waals surface area contributed by atoms with Gasteiger partial charge in [0.05, 0.1) is 6.04 Å².